The van der Waals surface area contributed by atoms with E-state index in [1.54, 1.807) is 6.92 Å². The Morgan fingerprint density at radius 3 is 2.14 bits per heavy atom. The Morgan fingerprint density at radius 1 is 1.21 bits per heavy atom. The summed E-state index contributed by atoms with van der Waals surface area (Å²) in [6.45, 7) is 8.79. The summed E-state index contributed by atoms with van der Waals surface area (Å²) in [5.74, 6) is 1.75. The maximum absolute atomic E-state index is 10.6. The molecule has 1 N–H and O–H groups in total. The van der Waals surface area contributed by atoms with Gasteiger partial charge in [-0.1, -0.05) is 33.6 Å². The van der Waals surface area contributed by atoms with Gasteiger partial charge in [0.15, 0.2) is 0 Å². The van der Waals surface area contributed by atoms with Crippen LogP contribution in [0, 0.1) is 11.8 Å². The first-order chi connectivity index (χ1) is 6.68. The summed E-state index contributed by atoms with van der Waals surface area (Å²) in [4.78, 5) is 10.6. The molecule has 1 aliphatic carbocycles. The molecule has 0 aromatic carbocycles. The molecule has 1 saturated carbocycles. The van der Waals surface area contributed by atoms with Crippen molar-refractivity contribution in [1.82, 2.24) is 5.32 Å². The van der Waals surface area contributed by atoms with E-state index in [1.165, 1.54) is 25.7 Å². The van der Waals surface area contributed by atoms with E-state index in [1.807, 2.05) is 13.8 Å². The summed E-state index contributed by atoms with van der Waals surface area (Å²) in [5.41, 5.74) is 0. The quantitative estimate of drug-likeness (QED) is 0.728. The average molecular weight is 199 g/mol. The van der Waals surface area contributed by atoms with Crippen molar-refractivity contribution in [2.24, 2.45) is 11.8 Å². The van der Waals surface area contributed by atoms with Gasteiger partial charge in [0.05, 0.1) is 0 Å². The fourth-order valence-corrected chi connectivity index (χ4v) is 1.82. The van der Waals surface area contributed by atoms with E-state index in [0.29, 0.717) is 0 Å². The van der Waals surface area contributed by atoms with Crippen molar-refractivity contribution in [3.8, 4) is 0 Å². The Hall–Kier alpha value is -0.530. The monoisotopic (exact) mass is 199 g/mol. The van der Waals surface area contributed by atoms with Crippen molar-refractivity contribution in [1.29, 1.82) is 0 Å². The molecule has 1 amide bonds. The van der Waals surface area contributed by atoms with E-state index < -0.39 is 0 Å². The molecule has 0 unspecified atom stereocenters. The molecule has 0 aromatic rings. The standard InChI is InChI=1S/C10H19NO.C2H6/c1-8-3-5-10(6-4-8)7-11-9(2)12;1-2/h8,10H,3-7H2,1-2H3,(H,11,12);1-2H3. The van der Waals surface area contributed by atoms with E-state index in [9.17, 15) is 4.79 Å². The van der Waals surface area contributed by atoms with Crippen molar-refractivity contribution in [2.45, 2.75) is 53.4 Å². The highest BCUT2D eigenvalue weighted by molar-refractivity contribution is 5.72. The number of carbonyl (C=O) groups excluding carboxylic acids is 1. The van der Waals surface area contributed by atoms with Crippen LogP contribution in [0.1, 0.15) is 53.4 Å². The average Bonchev–Trinajstić information content (AvgIpc) is 2.20. The zero-order chi connectivity index (χ0) is 11.0. The largest absolute Gasteiger partial charge is 0.356 e. The molecule has 0 bridgehead atoms. The number of carbonyl (C=O) groups is 1. The van der Waals surface area contributed by atoms with Gasteiger partial charge in [-0.05, 0) is 24.7 Å². The zero-order valence-corrected chi connectivity index (χ0v) is 10.1. The van der Waals surface area contributed by atoms with Gasteiger partial charge in [-0.2, -0.15) is 0 Å². The van der Waals surface area contributed by atoms with Gasteiger partial charge in [0, 0.05) is 13.5 Å². The molecule has 0 heterocycles. The molecule has 2 heteroatoms. The number of rotatable bonds is 2. The van der Waals surface area contributed by atoms with Gasteiger partial charge in [-0.25, -0.2) is 0 Å². The van der Waals surface area contributed by atoms with Crippen molar-refractivity contribution < 1.29 is 4.79 Å². The van der Waals surface area contributed by atoms with Crippen LogP contribution in [0.2, 0.25) is 0 Å². The third kappa shape index (κ3) is 6.01. The van der Waals surface area contributed by atoms with Gasteiger partial charge in [-0.3, -0.25) is 4.79 Å². The van der Waals surface area contributed by atoms with Crippen molar-refractivity contribution >= 4 is 5.91 Å². The van der Waals surface area contributed by atoms with Crippen LogP contribution >= 0.6 is 0 Å². The topological polar surface area (TPSA) is 29.1 Å². The fraction of sp³-hybridized carbons (Fsp3) is 0.917. The highest BCUT2D eigenvalue weighted by Crippen LogP contribution is 2.27. The maximum Gasteiger partial charge on any atom is 0.216 e. The molecule has 1 aliphatic rings. The van der Waals surface area contributed by atoms with E-state index in [4.69, 9.17) is 0 Å². The molecule has 1 rings (SSSR count). The summed E-state index contributed by atoms with van der Waals surface area (Å²) in [7, 11) is 0. The van der Waals surface area contributed by atoms with Crippen LogP contribution < -0.4 is 5.32 Å². The third-order valence-electron chi connectivity index (χ3n) is 2.78. The molecular weight excluding hydrogens is 174 g/mol. The molecular formula is C12H25NO. The van der Waals surface area contributed by atoms with Crippen LogP contribution in [0.3, 0.4) is 0 Å². The van der Waals surface area contributed by atoms with Crippen LogP contribution in [0.25, 0.3) is 0 Å². The predicted octanol–water partition coefficient (Wildman–Crippen LogP) is 2.98. The van der Waals surface area contributed by atoms with Crippen LogP contribution in [0.5, 0.6) is 0 Å². The van der Waals surface area contributed by atoms with Crippen molar-refractivity contribution in [2.75, 3.05) is 6.54 Å². The first-order valence-electron chi connectivity index (χ1n) is 5.93. The number of hydrogen-bond acceptors (Lipinski definition) is 1. The SMILES string of the molecule is CC.CC(=O)NCC1CCC(C)CC1. The molecule has 0 saturated heterocycles. The van der Waals surface area contributed by atoms with E-state index in [2.05, 4.69) is 12.2 Å². The fourth-order valence-electron chi connectivity index (χ4n) is 1.82. The molecule has 84 valence electrons. The number of hydrogen-bond donors (Lipinski definition) is 1. The Bertz CT molecular complexity index is 148. The van der Waals surface area contributed by atoms with Crippen LogP contribution in [-0.4, -0.2) is 12.5 Å². The second-order valence-corrected chi connectivity index (χ2v) is 4.06. The summed E-state index contributed by atoms with van der Waals surface area (Å²) in [6.07, 6.45) is 5.26. The molecule has 0 atom stereocenters. The highest BCUT2D eigenvalue weighted by atomic mass is 16.1. The summed E-state index contributed by atoms with van der Waals surface area (Å²) in [5, 5.41) is 2.89. The Kier molecular flexibility index (Phi) is 7.54. The smallest absolute Gasteiger partial charge is 0.216 e. The summed E-state index contributed by atoms with van der Waals surface area (Å²) in [6, 6.07) is 0. The van der Waals surface area contributed by atoms with Gasteiger partial charge in [0.25, 0.3) is 0 Å². The van der Waals surface area contributed by atoms with E-state index in [-0.39, 0.29) is 5.91 Å². The lowest BCUT2D eigenvalue weighted by molar-refractivity contribution is -0.119. The summed E-state index contributed by atoms with van der Waals surface area (Å²) < 4.78 is 0. The minimum atomic E-state index is 0.105. The predicted molar refractivity (Wildman–Crippen MR) is 61.2 cm³/mol. The van der Waals surface area contributed by atoms with Gasteiger partial charge >= 0.3 is 0 Å². The highest BCUT2D eigenvalue weighted by Gasteiger charge is 2.17. The van der Waals surface area contributed by atoms with Gasteiger partial charge in [0.2, 0.25) is 5.91 Å². The molecule has 0 radical (unpaired) electrons. The minimum Gasteiger partial charge on any atom is -0.356 e. The van der Waals surface area contributed by atoms with Crippen LogP contribution in [-0.2, 0) is 4.79 Å². The summed E-state index contributed by atoms with van der Waals surface area (Å²) >= 11 is 0. The first-order valence-corrected chi connectivity index (χ1v) is 5.93. The van der Waals surface area contributed by atoms with E-state index in [0.717, 1.165) is 18.4 Å². The van der Waals surface area contributed by atoms with Gasteiger partial charge in [-0.15, -0.1) is 0 Å². The Balaban J connectivity index is 0.000000791. The lowest BCUT2D eigenvalue weighted by atomic mass is 9.83. The lowest BCUT2D eigenvalue weighted by Gasteiger charge is -2.25. The second kappa shape index (κ2) is 7.84. The molecule has 0 aromatic heterocycles. The normalized spacial score (nSPS) is 26.0. The van der Waals surface area contributed by atoms with E-state index >= 15 is 0 Å². The van der Waals surface area contributed by atoms with Crippen molar-refractivity contribution in [3.05, 3.63) is 0 Å². The maximum atomic E-state index is 10.6. The van der Waals surface area contributed by atoms with Gasteiger partial charge < -0.3 is 5.32 Å². The van der Waals surface area contributed by atoms with Crippen LogP contribution in [0.4, 0.5) is 0 Å². The second-order valence-electron chi connectivity index (χ2n) is 4.06. The Morgan fingerprint density at radius 2 is 1.71 bits per heavy atom. The molecule has 2 nitrogen and oxygen atoms in total. The van der Waals surface area contributed by atoms with Crippen molar-refractivity contribution in [3.63, 3.8) is 0 Å². The molecule has 14 heavy (non-hydrogen) atoms. The molecule has 0 aliphatic heterocycles. The molecule has 1 fully saturated rings. The van der Waals surface area contributed by atoms with Crippen LogP contribution in [0.15, 0.2) is 0 Å². The third-order valence-corrected chi connectivity index (χ3v) is 2.78. The minimum absolute atomic E-state index is 0.105. The molecule has 0 spiro atoms. The lowest BCUT2D eigenvalue weighted by Crippen LogP contribution is -2.29. The first kappa shape index (κ1) is 13.5. The van der Waals surface area contributed by atoms with Gasteiger partial charge in [0.1, 0.15) is 0 Å². The zero-order valence-electron chi connectivity index (χ0n) is 10.1. The Labute approximate surface area is 88.5 Å². The number of amides is 1. The number of nitrogens with one attached hydrogen (secondary N) is 1.